The first kappa shape index (κ1) is 16.4. The quantitative estimate of drug-likeness (QED) is 0.285. The molecule has 0 spiro atoms. The van der Waals surface area contributed by atoms with Crippen LogP contribution in [0, 0.1) is 11.3 Å². The van der Waals surface area contributed by atoms with Crippen LogP contribution in [0.15, 0.2) is 18.2 Å². The van der Waals surface area contributed by atoms with Gasteiger partial charge in [-0.05, 0) is 31.1 Å². The van der Waals surface area contributed by atoms with Crippen molar-refractivity contribution in [2.24, 2.45) is 0 Å². The van der Waals surface area contributed by atoms with Gasteiger partial charge in [0.2, 0.25) is 0 Å². The van der Waals surface area contributed by atoms with Crippen molar-refractivity contribution in [1.82, 2.24) is 0 Å². The Kier molecular flexibility index (Phi) is 6.15. The maximum Gasteiger partial charge on any atom is 0.330 e. The molecule has 0 amide bonds. The van der Waals surface area contributed by atoms with Crippen LogP contribution in [0.25, 0.3) is 6.08 Å². The van der Waals surface area contributed by atoms with E-state index in [1.807, 2.05) is 13.0 Å². The molecule has 0 aromatic heterocycles. The summed E-state index contributed by atoms with van der Waals surface area (Å²) >= 11 is 0. The molecule has 1 rings (SSSR count). The summed E-state index contributed by atoms with van der Waals surface area (Å²) in [6.45, 7) is 3.75. The summed E-state index contributed by atoms with van der Waals surface area (Å²) in [5, 5.41) is 9.10. The van der Waals surface area contributed by atoms with Crippen LogP contribution in [-0.4, -0.2) is 18.4 Å². The molecule has 0 unspecified atom stereocenters. The van der Waals surface area contributed by atoms with Crippen molar-refractivity contribution < 1.29 is 14.3 Å². The zero-order valence-electron chi connectivity index (χ0n) is 12.2. The number of esters is 1. The number of nitriles is 1. The smallest absolute Gasteiger partial charge is 0.330 e. The number of Topliss-reactive ketones (excluding diaryl/α,β-unsaturated/α-hetero) is 1. The number of hydrogen-bond acceptors (Lipinski definition) is 5. The molecule has 1 aromatic rings. The lowest BCUT2D eigenvalue weighted by molar-refractivity contribution is -0.137. The van der Waals surface area contributed by atoms with E-state index in [9.17, 15) is 9.59 Å². The summed E-state index contributed by atoms with van der Waals surface area (Å²) in [6, 6.07) is 5.05. The van der Waals surface area contributed by atoms with Gasteiger partial charge in [-0.25, -0.2) is 4.79 Å². The maximum atomic E-state index is 11.5. The summed E-state index contributed by atoms with van der Waals surface area (Å²) in [5.41, 5.74) is 6.95. The number of carbonyl (C=O) groups excluding carboxylic acids is 2. The predicted molar refractivity (Wildman–Crippen MR) is 80.5 cm³/mol. The number of nitrogens with zero attached hydrogens (tertiary/aromatic N) is 1. The summed E-state index contributed by atoms with van der Waals surface area (Å²) in [5.74, 6) is -0.690. The molecule has 0 bridgehead atoms. The molecule has 0 saturated heterocycles. The van der Waals surface area contributed by atoms with Crippen LogP contribution in [0.5, 0.6) is 0 Å². The lowest BCUT2D eigenvalue weighted by Crippen LogP contribution is -2.04. The van der Waals surface area contributed by atoms with Crippen molar-refractivity contribution in [2.75, 3.05) is 12.3 Å². The number of ether oxygens (including phenoxy) is 1. The van der Waals surface area contributed by atoms with E-state index in [2.05, 4.69) is 0 Å². The zero-order chi connectivity index (χ0) is 15.8. The van der Waals surface area contributed by atoms with Crippen LogP contribution < -0.4 is 5.73 Å². The Labute approximate surface area is 124 Å². The van der Waals surface area contributed by atoms with E-state index in [1.165, 1.54) is 25.1 Å². The number of unbranched alkanes of at least 4 members (excludes halogenated alkanes) is 1. The molecule has 2 N–H and O–H groups in total. The average Bonchev–Trinajstić information content (AvgIpc) is 2.45. The first-order valence-electron chi connectivity index (χ1n) is 6.69. The van der Waals surface area contributed by atoms with Gasteiger partial charge in [-0.3, -0.25) is 4.79 Å². The lowest BCUT2D eigenvalue weighted by atomic mass is 9.99. The molecule has 110 valence electrons. The van der Waals surface area contributed by atoms with Crippen molar-refractivity contribution in [3.05, 3.63) is 34.9 Å². The largest absolute Gasteiger partial charge is 0.463 e. The first-order chi connectivity index (χ1) is 10.0. The highest BCUT2D eigenvalue weighted by Gasteiger charge is 2.12. The number of ketones is 1. The van der Waals surface area contributed by atoms with Crippen molar-refractivity contribution in [2.45, 2.75) is 26.7 Å². The summed E-state index contributed by atoms with van der Waals surface area (Å²) in [7, 11) is 0. The maximum absolute atomic E-state index is 11.5. The van der Waals surface area contributed by atoms with E-state index in [-0.39, 0.29) is 22.6 Å². The van der Waals surface area contributed by atoms with E-state index in [4.69, 9.17) is 15.7 Å². The number of benzene rings is 1. The minimum absolute atomic E-state index is 0.129. The van der Waals surface area contributed by atoms with Crippen LogP contribution in [0.3, 0.4) is 0 Å². The van der Waals surface area contributed by atoms with Gasteiger partial charge in [0.1, 0.15) is 6.07 Å². The molecule has 0 saturated carbocycles. The van der Waals surface area contributed by atoms with Gasteiger partial charge in [-0.2, -0.15) is 5.26 Å². The zero-order valence-corrected chi connectivity index (χ0v) is 12.2. The summed E-state index contributed by atoms with van der Waals surface area (Å²) < 4.78 is 4.98. The fraction of sp³-hybridized carbons (Fsp3) is 0.312. The topological polar surface area (TPSA) is 93.2 Å². The Morgan fingerprint density at radius 1 is 1.43 bits per heavy atom. The predicted octanol–water partition coefficient (Wildman–Crippen LogP) is 2.70. The number of carbonyl (C=O) groups is 2. The fourth-order valence-corrected chi connectivity index (χ4v) is 1.72. The van der Waals surface area contributed by atoms with Gasteiger partial charge < -0.3 is 10.5 Å². The van der Waals surface area contributed by atoms with Crippen molar-refractivity contribution in [3.8, 4) is 6.07 Å². The molecule has 5 heteroatoms. The number of anilines is 1. The van der Waals surface area contributed by atoms with Gasteiger partial charge in [0.25, 0.3) is 0 Å². The monoisotopic (exact) mass is 286 g/mol. The molecule has 0 heterocycles. The van der Waals surface area contributed by atoms with Crippen LogP contribution in [0.2, 0.25) is 0 Å². The van der Waals surface area contributed by atoms with Gasteiger partial charge in [0.15, 0.2) is 5.78 Å². The first-order valence-corrected chi connectivity index (χ1v) is 6.69. The molecular weight excluding hydrogens is 268 g/mol. The van der Waals surface area contributed by atoms with Gasteiger partial charge in [-0.15, -0.1) is 0 Å². The van der Waals surface area contributed by atoms with Gasteiger partial charge in [-0.1, -0.05) is 19.4 Å². The normalized spacial score (nSPS) is 10.3. The van der Waals surface area contributed by atoms with Crippen molar-refractivity contribution in [3.63, 3.8) is 0 Å². The van der Waals surface area contributed by atoms with E-state index in [0.29, 0.717) is 12.2 Å². The Bertz CT molecular complexity index is 613. The molecule has 0 aliphatic heterocycles. The third-order valence-electron chi connectivity index (χ3n) is 2.91. The minimum atomic E-state index is -0.461. The third kappa shape index (κ3) is 4.46. The van der Waals surface area contributed by atoms with Crippen LogP contribution >= 0.6 is 0 Å². The molecule has 1 aromatic carbocycles. The Morgan fingerprint density at radius 2 is 2.14 bits per heavy atom. The molecule has 0 aliphatic carbocycles. The second kappa shape index (κ2) is 7.85. The highest BCUT2D eigenvalue weighted by molar-refractivity contribution is 5.99. The fourth-order valence-electron chi connectivity index (χ4n) is 1.72. The van der Waals surface area contributed by atoms with Crippen molar-refractivity contribution in [1.29, 1.82) is 5.26 Å². The highest BCUT2D eigenvalue weighted by Crippen LogP contribution is 2.23. The molecule has 0 aliphatic rings. The minimum Gasteiger partial charge on any atom is -0.463 e. The molecule has 0 radical (unpaired) electrons. The molecule has 5 nitrogen and oxygen atoms in total. The summed E-state index contributed by atoms with van der Waals surface area (Å²) in [4.78, 5) is 22.9. The van der Waals surface area contributed by atoms with Crippen molar-refractivity contribution >= 4 is 23.5 Å². The Hall–Kier alpha value is -2.61. The number of hydrogen-bond donors (Lipinski definition) is 1. The third-order valence-corrected chi connectivity index (χ3v) is 2.91. The Balaban J connectivity index is 2.93. The lowest BCUT2D eigenvalue weighted by Gasteiger charge is -2.06. The average molecular weight is 286 g/mol. The molecule has 21 heavy (non-hydrogen) atoms. The van der Waals surface area contributed by atoms with Crippen LogP contribution in [0.1, 0.15) is 48.2 Å². The summed E-state index contributed by atoms with van der Waals surface area (Å²) in [6.07, 6.45) is 4.50. The van der Waals surface area contributed by atoms with Crippen LogP contribution in [-0.2, 0) is 9.53 Å². The van der Waals surface area contributed by atoms with Gasteiger partial charge in [0.05, 0.1) is 17.9 Å². The standard InChI is InChI=1S/C16H18N2O3/c1-3-4-9-21-15(20)8-6-12-5-7-13(11(2)19)14(10-17)16(12)18/h5-8H,3-4,9,18H2,1-2H3/b8-6+. The van der Waals surface area contributed by atoms with E-state index >= 15 is 0 Å². The molecule has 0 atom stereocenters. The number of nitrogen functional groups attached to an aromatic ring is 1. The van der Waals surface area contributed by atoms with Gasteiger partial charge in [0, 0.05) is 11.6 Å². The number of nitrogens with two attached hydrogens (primary N) is 1. The second-order valence-corrected chi connectivity index (χ2v) is 4.51. The highest BCUT2D eigenvalue weighted by atomic mass is 16.5. The molecular formula is C16H18N2O3. The van der Waals surface area contributed by atoms with Gasteiger partial charge >= 0.3 is 5.97 Å². The molecule has 0 fully saturated rings. The second-order valence-electron chi connectivity index (χ2n) is 4.51. The van der Waals surface area contributed by atoms with E-state index < -0.39 is 5.97 Å². The van der Waals surface area contributed by atoms with E-state index in [0.717, 1.165) is 12.8 Å². The number of rotatable bonds is 6. The SMILES string of the molecule is CCCCOC(=O)/C=C/c1ccc(C(C)=O)c(C#N)c1N. The van der Waals surface area contributed by atoms with Crippen LogP contribution in [0.4, 0.5) is 5.69 Å². The Morgan fingerprint density at radius 3 is 2.71 bits per heavy atom. The van der Waals surface area contributed by atoms with E-state index in [1.54, 1.807) is 6.07 Å².